The van der Waals surface area contributed by atoms with Crippen molar-refractivity contribution in [1.29, 1.82) is 5.26 Å². The number of carboxylic acid groups (broad SMARTS) is 1. The van der Waals surface area contributed by atoms with Crippen molar-refractivity contribution in [3.05, 3.63) is 70.3 Å². The van der Waals surface area contributed by atoms with Gasteiger partial charge < -0.3 is 10.4 Å². The van der Waals surface area contributed by atoms with Gasteiger partial charge >= 0.3 is 6.09 Å². The third-order valence-corrected chi connectivity index (χ3v) is 3.96. The fourth-order valence-corrected chi connectivity index (χ4v) is 2.82. The maximum Gasteiger partial charge on any atom is 0.404 e. The minimum atomic E-state index is -1.09. The van der Waals surface area contributed by atoms with E-state index in [9.17, 15) is 14.9 Å². The first-order valence-electron chi connectivity index (χ1n) is 8.09. The van der Waals surface area contributed by atoms with E-state index in [-0.39, 0.29) is 23.1 Å². The molecule has 0 radical (unpaired) electrons. The molecule has 26 heavy (non-hydrogen) atoms. The van der Waals surface area contributed by atoms with E-state index in [2.05, 4.69) is 10.3 Å². The van der Waals surface area contributed by atoms with Crippen molar-refractivity contribution in [2.75, 3.05) is 6.54 Å². The summed E-state index contributed by atoms with van der Waals surface area (Å²) in [5.74, 6) is 0.524. The van der Waals surface area contributed by atoms with Gasteiger partial charge in [0, 0.05) is 13.0 Å². The predicted molar refractivity (Wildman–Crippen MR) is 96.4 cm³/mol. The minimum Gasteiger partial charge on any atom is -0.465 e. The highest BCUT2D eigenvalue weighted by atomic mass is 16.4. The van der Waals surface area contributed by atoms with Gasteiger partial charge in [-0.25, -0.2) is 9.78 Å². The fourth-order valence-electron chi connectivity index (χ4n) is 2.82. The van der Waals surface area contributed by atoms with E-state index in [0.717, 1.165) is 0 Å². The minimum absolute atomic E-state index is 0.260. The Hall–Kier alpha value is -3.66. The summed E-state index contributed by atoms with van der Waals surface area (Å²) in [4.78, 5) is 28.3. The second kappa shape index (κ2) is 7.49. The molecule has 2 N–H and O–H groups in total. The maximum atomic E-state index is 13.1. The molecule has 0 aliphatic carbocycles. The van der Waals surface area contributed by atoms with Crippen LogP contribution in [0.1, 0.15) is 17.8 Å². The molecule has 3 aromatic rings. The lowest BCUT2D eigenvalue weighted by Crippen LogP contribution is -2.26. The standard InChI is InChI=1S/C19H16N4O3/c20-12-13-6-4-9-15-17(13)18(24)23(14-7-2-1-3-8-14)16(22-15)10-5-11-21-19(25)26/h1-4,6-9,21H,5,10-11H2,(H,25,26). The van der Waals surface area contributed by atoms with E-state index in [1.54, 1.807) is 30.3 Å². The van der Waals surface area contributed by atoms with Crippen LogP contribution in [0, 0.1) is 11.3 Å². The van der Waals surface area contributed by atoms with Gasteiger partial charge in [0.05, 0.1) is 22.2 Å². The molecule has 0 unspecified atom stereocenters. The Bertz CT molecular complexity index is 1050. The van der Waals surface area contributed by atoms with Crippen LogP contribution in [0.25, 0.3) is 16.6 Å². The number of nitriles is 1. The van der Waals surface area contributed by atoms with Crippen LogP contribution in [0.4, 0.5) is 4.79 Å². The van der Waals surface area contributed by atoms with Gasteiger partial charge in [-0.3, -0.25) is 9.36 Å². The first-order chi connectivity index (χ1) is 12.6. The summed E-state index contributed by atoms with van der Waals surface area (Å²) in [5.41, 5.74) is 1.09. The van der Waals surface area contributed by atoms with Gasteiger partial charge in [-0.15, -0.1) is 0 Å². The number of amides is 1. The topological polar surface area (TPSA) is 108 Å². The molecule has 130 valence electrons. The number of para-hydroxylation sites is 1. The smallest absolute Gasteiger partial charge is 0.404 e. The van der Waals surface area contributed by atoms with Crippen molar-refractivity contribution in [3.63, 3.8) is 0 Å². The summed E-state index contributed by atoms with van der Waals surface area (Å²) >= 11 is 0. The van der Waals surface area contributed by atoms with Crippen LogP contribution in [-0.4, -0.2) is 27.3 Å². The molecule has 1 aromatic heterocycles. The van der Waals surface area contributed by atoms with Crippen LogP contribution >= 0.6 is 0 Å². The third kappa shape index (κ3) is 3.39. The second-order valence-electron chi connectivity index (χ2n) is 5.65. The van der Waals surface area contributed by atoms with E-state index in [1.165, 1.54) is 4.57 Å². The number of nitrogens with one attached hydrogen (secondary N) is 1. The van der Waals surface area contributed by atoms with E-state index in [0.29, 0.717) is 29.9 Å². The van der Waals surface area contributed by atoms with Crippen molar-refractivity contribution in [1.82, 2.24) is 14.9 Å². The summed E-state index contributed by atoms with van der Waals surface area (Å²) in [6.45, 7) is 0.260. The Morgan fingerprint density at radius 3 is 2.65 bits per heavy atom. The number of aromatic nitrogens is 2. The Kier molecular flexibility index (Phi) is 4.94. The van der Waals surface area contributed by atoms with Crippen molar-refractivity contribution in [2.24, 2.45) is 0 Å². The van der Waals surface area contributed by atoms with Crippen molar-refractivity contribution >= 4 is 17.0 Å². The quantitative estimate of drug-likeness (QED) is 0.689. The molecule has 1 heterocycles. The molecular formula is C19H16N4O3. The zero-order valence-electron chi connectivity index (χ0n) is 13.8. The number of hydrogen-bond acceptors (Lipinski definition) is 4. The lowest BCUT2D eigenvalue weighted by atomic mass is 10.1. The van der Waals surface area contributed by atoms with Gasteiger partial charge in [0.1, 0.15) is 11.9 Å². The normalized spacial score (nSPS) is 10.4. The number of hydrogen-bond donors (Lipinski definition) is 2. The first kappa shape index (κ1) is 17.2. The zero-order valence-corrected chi connectivity index (χ0v) is 13.8. The van der Waals surface area contributed by atoms with Crippen LogP contribution in [-0.2, 0) is 6.42 Å². The molecule has 0 fully saturated rings. The van der Waals surface area contributed by atoms with Crippen molar-refractivity contribution < 1.29 is 9.90 Å². The molecule has 7 heteroatoms. The molecule has 0 aliphatic rings. The first-order valence-corrected chi connectivity index (χ1v) is 8.09. The highest BCUT2D eigenvalue weighted by Gasteiger charge is 2.15. The summed E-state index contributed by atoms with van der Waals surface area (Å²) in [5, 5.41) is 20.6. The molecule has 0 saturated carbocycles. The monoisotopic (exact) mass is 348 g/mol. The highest BCUT2D eigenvalue weighted by molar-refractivity contribution is 5.84. The average molecular weight is 348 g/mol. The van der Waals surface area contributed by atoms with Crippen LogP contribution < -0.4 is 10.9 Å². The van der Waals surface area contributed by atoms with Gasteiger partial charge in [-0.2, -0.15) is 5.26 Å². The third-order valence-electron chi connectivity index (χ3n) is 3.96. The second-order valence-corrected chi connectivity index (χ2v) is 5.65. The average Bonchev–Trinajstić information content (AvgIpc) is 2.65. The summed E-state index contributed by atoms with van der Waals surface area (Å²) in [6.07, 6.45) is -0.179. The SMILES string of the molecule is N#Cc1cccc2nc(CCCNC(=O)O)n(-c3ccccc3)c(=O)c12. The van der Waals surface area contributed by atoms with E-state index in [1.807, 2.05) is 24.3 Å². The lowest BCUT2D eigenvalue weighted by molar-refractivity contribution is 0.194. The highest BCUT2D eigenvalue weighted by Crippen LogP contribution is 2.17. The van der Waals surface area contributed by atoms with Gasteiger partial charge in [-0.1, -0.05) is 24.3 Å². The molecule has 0 atom stereocenters. The molecule has 2 aromatic carbocycles. The largest absolute Gasteiger partial charge is 0.465 e. The maximum absolute atomic E-state index is 13.1. The number of fused-ring (bicyclic) bond motifs is 1. The van der Waals surface area contributed by atoms with Crippen molar-refractivity contribution in [3.8, 4) is 11.8 Å². The van der Waals surface area contributed by atoms with E-state index in [4.69, 9.17) is 5.11 Å². The lowest BCUT2D eigenvalue weighted by Gasteiger charge is -2.14. The van der Waals surface area contributed by atoms with Gasteiger partial charge in [0.15, 0.2) is 0 Å². The number of nitrogens with zero attached hydrogens (tertiary/aromatic N) is 3. The molecular weight excluding hydrogens is 332 g/mol. The van der Waals surface area contributed by atoms with Crippen LogP contribution in [0.2, 0.25) is 0 Å². The Balaban J connectivity index is 2.14. The Morgan fingerprint density at radius 2 is 1.96 bits per heavy atom. The summed E-state index contributed by atoms with van der Waals surface area (Å²) in [6, 6.07) is 16.1. The van der Waals surface area contributed by atoms with E-state index >= 15 is 0 Å². The molecule has 0 spiro atoms. The predicted octanol–water partition coefficient (Wildman–Crippen LogP) is 2.46. The van der Waals surface area contributed by atoms with Gasteiger partial charge in [-0.05, 0) is 30.7 Å². The van der Waals surface area contributed by atoms with Crippen molar-refractivity contribution in [2.45, 2.75) is 12.8 Å². The molecule has 0 aliphatic heterocycles. The Morgan fingerprint density at radius 1 is 1.19 bits per heavy atom. The van der Waals surface area contributed by atoms with Crippen LogP contribution in [0.15, 0.2) is 53.3 Å². The number of rotatable bonds is 5. The van der Waals surface area contributed by atoms with E-state index < -0.39 is 6.09 Å². The fraction of sp³-hybridized carbons (Fsp3) is 0.158. The summed E-state index contributed by atoms with van der Waals surface area (Å²) in [7, 11) is 0. The molecule has 0 bridgehead atoms. The number of aryl methyl sites for hydroxylation is 1. The molecule has 3 rings (SSSR count). The van der Waals surface area contributed by atoms with Gasteiger partial charge in [0.25, 0.3) is 5.56 Å². The van der Waals surface area contributed by atoms with Gasteiger partial charge in [0.2, 0.25) is 0 Å². The molecule has 1 amide bonds. The molecule has 7 nitrogen and oxygen atoms in total. The number of benzene rings is 2. The van der Waals surface area contributed by atoms with Crippen LogP contribution in [0.3, 0.4) is 0 Å². The molecule has 0 saturated heterocycles. The number of carbonyl (C=O) groups is 1. The summed E-state index contributed by atoms with van der Waals surface area (Å²) < 4.78 is 1.49. The van der Waals surface area contributed by atoms with Crippen LogP contribution in [0.5, 0.6) is 0 Å². The Labute approximate surface area is 149 Å². The zero-order chi connectivity index (χ0) is 18.5.